The van der Waals surface area contributed by atoms with Gasteiger partial charge in [-0.2, -0.15) is 0 Å². The molecule has 0 aliphatic carbocycles. The first kappa shape index (κ1) is 14.7. The summed E-state index contributed by atoms with van der Waals surface area (Å²) in [6.45, 7) is 0.0680. The predicted molar refractivity (Wildman–Crippen MR) is 76.1 cm³/mol. The molecule has 104 valence electrons. The lowest BCUT2D eigenvalue weighted by atomic mass is 10.1. The monoisotopic (exact) mass is 339 g/mol. The molecule has 2 aromatic rings. The molecule has 5 heteroatoms. The van der Waals surface area contributed by atoms with Gasteiger partial charge in [0.2, 0.25) is 5.91 Å². The van der Waals surface area contributed by atoms with Crippen molar-refractivity contribution in [3.05, 3.63) is 69.7 Å². The molecule has 0 saturated heterocycles. The minimum absolute atomic E-state index is 0.0672. The summed E-state index contributed by atoms with van der Waals surface area (Å²) in [6, 6.07) is 10.6. The lowest BCUT2D eigenvalue weighted by Crippen LogP contribution is -2.25. The van der Waals surface area contributed by atoms with E-state index in [2.05, 4.69) is 21.2 Å². The van der Waals surface area contributed by atoms with Crippen LogP contribution in [0.25, 0.3) is 0 Å². The summed E-state index contributed by atoms with van der Waals surface area (Å²) in [7, 11) is 0. The Hall–Kier alpha value is -1.75. The number of hydrogen-bond donors (Lipinski definition) is 1. The van der Waals surface area contributed by atoms with E-state index in [4.69, 9.17) is 0 Å². The van der Waals surface area contributed by atoms with Crippen LogP contribution in [-0.2, 0) is 17.8 Å². The zero-order valence-electron chi connectivity index (χ0n) is 10.5. The van der Waals surface area contributed by atoms with Crippen LogP contribution in [0, 0.1) is 11.6 Å². The van der Waals surface area contributed by atoms with Crippen molar-refractivity contribution in [1.29, 1.82) is 0 Å². The van der Waals surface area contributed by atoms with Crippen LogP contribution in [-0.4, -0.2) is 5.91 Å². The molecule has 2 nitrogen and oxygen atoms in total. The van der Waals surface area contributed by atoms with Crippen molar-refractivity contribution in [2.24, 2.45) is 0 Å². The minimum Gasteiger partial charge on any atom is -0.352 e. The molecule has 0 aromatic heterocycles. The molecule has 0 fully saturated rings. The Morgan fingerprint density at radius 3 is 2.50 bits per heavy atom. The average molecular weight is 340 g/mol. The van der Waals surface area contributed by atoms with E-state index in [1.165, 1.54) is 12.1 Å². The van der Waals surface area contributed by atoms with E-state index in [-0.39, 0.29) is 24.7 Å². The van der Waals surface area contributed by atoms with Gasteiger partial charge in [0.25, 0.3) is 0 Å². The molecule has 1 amide bonds. The van der Waals surface area contributed by atoms with Crippen molar-refractivity contribution in [3.8, 4) is 0 Å². The highest BCUT2D eigenvalue weighted by Gasteiger charge is 2.09. The Morgan fingerprint density at radius 1 is 1.05 bits per heavy atom. The molecular weight excluding hydrogens is 328 g/mol. The van der Waals surface area contributed by atoms with Crippen LogP contribution in [0.1, 0.15) is 11.1 Å². The summed E-state index contributed by atoms with van der Waals surface area (Å²) in [5.74, 6) is -1.16. The lowest BCUT2D eigenvalue weighted by Gasteiger charge is -2.07. The van der Waals surface area contributed by atoms with E-state index in [0.29, 0.717) is 11.1 Å². The van der Waals surface area contributed by atoms with Crippen molar-refractivity contribution in [2.45, 2.75) is 13.0 Å². The van der Waals surface area contributed by atoms with Crippen molar-refractivity contribution in [3.63, 3.8) is 0 Å². The fourth-order valence-corrected chi connectivity index (χ4v) is 2.16. The van der Waals surface area contributed by atoms with Gasteiger partial charge >= 0.3 is 0 Å². The van der Waals surface area contributed by atoms with Crippen molar-refractivity contribution >= 4 is 21.8 Å². The van der Waals surface area contributed by atoms with Crippen molar-refractivity contribution in [1.82, 2.24) is 5.32 Å². The number of nitrogens with one attached hydrogen (secondary N) is 1. The van der Waals surface area contributed by atoms with Crippen LogP contribution in [0.4, 0.5) is 8.78 Å². The van der Waals surface area contributed by atoms with Gasteiger partial charge in [-0.05, 0) is 29.8 Å². The van der Waals surface area contributed by atoms with Gasteiger partial charge in [-0.15, -0.1) is 0 Å². The SMILES string of the molecule is O=C(Cc1ccccc1F)NCc1cc(Br)ccc1F. The van der Waals surface area contributed by atoms with Crippen LogP contribution in [0.15, 0.2) is 46.9 Å². The molecule has 0 aliphatic rings. The highest BCUT2D eigenvalue weighted by molar-refractivity contribution is 9.10. The molecule has 0 spiro atoms. The molecule has 20 heavy (non-hydrogen) atoms. The predicted octanol–water partition coefficient (Wildman–Crippen LogP) is 3.59. The van der Waals surface area contributed by atoms with Crippen LogP contribution in [0.2, 0.25) is 0 Å². The number of carbonyl (C=O) groups is 1. The normalized spacial score (nSPS) is 10.3. The lowest BCUT2D eigenvalue weighted by molar-refractivity contribution is -0.120. The Labute approximate surface area is 123 Å². The summed E-state index contributed by atoms with van der Waals surface area (Å²) in [4.78, 5) is 11.7. The van der Waals surface area contributed by atoms with E-state index < -0.39 is 5.82 Å². The Bertz CT molecular complexity index is 631. The van der Waals surface area contributed by atoms with Gasteiger partial charge in [-0.25, -0.2) is 8.78 Å². The Morgan fingerprint density at radius 2 is 1.75 bits per heavy atom. The standard InChI is InChI=1S/C15H12BrF2NO/c16-12-5-6-14(18)11(7-12)9-19-15(20)8-10-3-1-2-4-13(10)17/h1-7H,8-9H2,(H,19,20). The Kier molecular flexibility index (Phi) is 4.84. The summed E-state index contributed by atoms with van der Waals surface area (Å²) >= 11 is 3.24. The number of amides is 1. The molecule has 0 unspecified atom stereocenters. The van der Waals surface area contributed by atoms with Crippen LogP contribution in [0.3, 0.4) is 0 Å². The van der Waals surface area contributed by atoms with Gasteiger partial charge in [0, 0.05) is 16.6 Å². The van der Waals surface area contributed by atoms with E-state index in [1.807, 2.05) is 0 Å². The molecule has 0 aliphatic heterocycles. The van der Waals surface area contributed by atoms with Gasteiger partial charge in [-0.3, -0.25) is 4.79 Å². The van der Waals surface area contributed by atoms with Crippen LogP contribution >= 0.6 is 15.9 Å². The van der Waals surface area contributed by atoms with Gasteiger partial charge in [0.15, 0.2) is 0 Å². The second-order valence-electron chi connectivity index (χ2n) is 4.28. The molecular formula is C15H12BrF2NO. The molecule has 0 atom stereocenters. The molecule has 0 bridgehead atoms. The average Bonchev–Trinajstić information content (AvgIpc) is 2.42. The first-order valence-corrected chi connectivity index (χ1v) is 6.79. The largest absolute Gasteiger partial charge is 0.352 e. The first-order chi connectivity index (χ1) is 9.56. The second-order valence-corrected chi connectivity index (χ2v) is 5.20. The van der Waals surface area contributed by atoms with Crippen molar-refractivity contribution in [2.75, 3.05) is 0 Å². The molecule has 0 radical (unpaired) electrons. The number of benzene rings is 2. The molecule has 1 N–H and O–H groups in total. The van der Waals surface area contributed by atoms with Gasteiger partial charge in [0.1, 0.15) is 11.6 Å². The maximum Gasteiger partial charge on any atom is 0.224 e. The fraction of sp³-hybridized carbons (Fsp3) is 0.133. The highest BCUT2D eigenvalue weighted by Crippen LogP contribution is 2.15. The maximum absolute atomic E-state index is 13.5. The second kappa shape index (κ2) is 6.61. The summed E-state index contributed by atoms with van der Waals surface area (Å²) in [5.41, 5.74) is 0.695. The Balaban J connectivity index is 1.96. The van der Waals surface area contributed by atoms with Gasteiger partial charge < -0.3 is 5.32 Å². The van der Waals surface area contributed by atoms with Crippen LogP contribution in [0.5, 0.6) is 0 Å². The summed E-state index contributed by atoms with van der Waals surface area (Å²) < 4.78 is 27.6. The molecule has 0 heterocycles. The molecule has 2 aromatic carbocycles. The number of hydrogen-bond acceptors (Lipinski definition) is 1. The number of carbonyl (C=O) groups excluding carboxylic acids is 1. The quantitative estimate of drug-likeness (QED) is 0.906. The molecule has 2 rings (SSSR count). The number of halogens is 3. The van der Waals surface area contributed by atoms with Crippen molar-refractivity contribution < 1.29 is 13.6 Å². The number of rotatable bonds is 4. The third-order valence-electron chi connectivity index (χ3n) is 2.79. The van der Waals surface area contributed by atoms with Crippen LogP contribution < -0.4 is 5.32 Å². The fourth-order valence-electron chi connectivity index (χ4n) is 1.75. The third kappa shape index (κ3) is 3.87. The van der Waals surface area contributed by atoms with E-state index >= 15 is 0 Å². The maximum atomic E-state index is 13.5. The summed E-state index contributed by atoms with van der Waals surface area (Å²) in [5, 5.41) is 2.58. The minimum atomic E-state index is -0.420. The third-order valence-corrected chi connectivity index (χ3v) is 3.29. The zero-order valence-corrected chi connectivity index (χ0v) is 12.1. The zero-order chi connectivity index (χ0) is 14.5. The van der Waals surface area contributed by atoms with E-state index in [0.717, 1.165) is 4.47 Å². The first-order valence-electron chi connectivity index (χ1n) is 6.00. The molecule has 0 saturated carbocycles. The van der Waals surface area contributed by atoms with E-state index in [1.54, 1.807) is 30.3 Å². The summed E-state index contributed by atoms with van der Waals surface area (Å²) in [6.07, 6.45) is -0.0672. The van der Waals surface area contributed by atoms with Gasteiger partial charge in [-0.1, -0.05) is 34.1 Å². The van der Waals surface area contributed by atoms with E-state index in [9.17, 15) is 13.6 Å². The highest BCUT2D eigenvalue weighted by atomic mass is 79.9. The topological polar surface area (TPSA) is 29.1 Å². The smallest absolute Gasteiger partial charge is 0.224 e. The van der Waals surface area contributed by atoms with Gasteiger partial charge in [0.05, 0.1) is 6.42 Å².